The number of amides is 1. The summed E-state index contributed by atoms with van der Waals surface area (Å²) in [6.45, 7) is 4.34. The number of aromatic nitrogens is 3. The summed E-state index contributed by atoms with van der Waals surface area (Å²) in [6, 6.07) is 3.99. The lowest BCUT2D eigenvalue weighted by Crippen LogP contribution is -2.45. The topological polar surface area (TPSA) is 107 Å². The maximum Gasteiger partial charge on any atom is 0.236 e. The second-order valence-corrected chi connectivity index (χ2v) is 8.45. The van der Waals surface area contributed by atoms with E-state index < -0.39 is 0 Å². The molecule has 0 spiro atoms. The molecule has 30 heavy (non-hydrogen) atoms. The molecule has 2 N–H and O–H groups in total. The Bertz CT molecular complexity index is 990. The van der Waals surface area contributed by atoms with Crippen molar-refractivity contribution in [3.05, 3.63) is 24.0 Å². The lowest BCUT2D eigenvalue weighted by atomic mass is 9.97. The van der Waals surface area contributed by atoms with Gasteiger partial charge < -0.3 is 15.5 Å². The summed E-state index contributed by atoms with van der Waals surface area (Å²) in [7, 11) is 0. The molecule has 4 heterocycles. The Morgan fingerprint density at radius 2 is 2.33 bits per heavy atom. The van der Waals surface area contributed by atoms with Gasteiger partial charge in [-0.15, -0.1) is 0 Å². The number of rotatable bonds is 5. The molecule has 0 saturated carbocycles. The van der Waals surface area contributed by atoms with Crippen molar-refractivity contribution in [2.45, 2.75) is 43.3 Å². The zero-order valence-corrected chi connectivity index (χ0v) is 18.0. The maximum atomic E-state index is 12.2. The van der Waals surface area contributed by atoms with E-state index in [0.717, 1.165) is 52.9 Å². The molecule has 9 heteroatoms. The van der Waals surface area contributed by atoms with Gasteiger partial charge in [-0.25, -0.2) is 15.0 Å². The van der Waals surface area contributed by atoms with Gasteiger partial charge in [0.25, 0.3) is 0 Å². The Kier molecular flexibility index (Phi) is 6.04. The summed E-state index contributed by atoms with van der Waals surface area (Å²) in [5, 5.41) is 16.7. The molecule has 2 aromatic rings. The number of nitriles is 1. The van der Waals surface area contributed by atoms with Crippen LogP contribution in [0.5, 0.6) is 0 Å². The van der Waals surface area contributed by atoms with Gasteiger partial charge in [-0.1, -0.05) is 18.7 Å². The molecule has 1 saturated heterocycles. The number of thioether (sulfide) groups is 1. The van der Waals surface area contributed by atoms with Crippen molar-refractivity contribution in [3.8, 4) is 17.3 Å². The zero-order chi connectivity index (χ0) is 21.1. The second-order valence-electron chi connectivity index (χ2n) is 7.68. The minimum absolute atomic E-state index is 0.0675. The highest BCUT2D eigenvalue weighted by Gasteiger charge is 2.29. The Balaban J connectivity index is 1.68. The first-order valence-corrected chi connectivity index (χ1v) is 11.4. The van der Waals surface area contributed by atoms with E-state index in [4.69, 9.17) is 5.26 Å². The van der Waals surface area contributed by atoms with Crippen LogP contribution in [0.1, 0.15) is 37.7 Å². The number of fused-ring (bicyclic) bond motifs is 1. The number of hydrogen-bond acceptors (Lipinski definition) is 8. The average Bonchev–Trinajstić information content (AvgIpc) is 3.15. The number of carbonyl (C=O) groups is 1. The van der Waals surface area contributed by atoms with Crippen molar-refractivity contribution >= 4 is 29.2 Å². The van der Waals surface area contributed by atoms with Crippen LogP contribution in [-0.2, 0) is 4.79 Å². The zero-order valence-electron chi connectivity index (χ0n) is 17.2. The highest BCUT2D eigenvalue weighted by molar-refractivity contribution is 7.98. The van der Waals surface area contributed by atoms with Crippen LogP contribution in [0.25, 0.3) is 11.3 Å². The summed E-state index contributed by atoms with van der Waals surface area (Å²) in [5.74, 6) is 1.12. The molecule has 4 rings (SSSR count). The van der Waals surface area contributed by atoms with E-state index in [9.17, 15) is 4.79 Å². The Morgan fingerprint density at radius 1 is 1.47 bits per heavy atom. The number of carbonyl (C=O) groups excluding carboxylic acids is 1. The first-order valence-electron chi connectivity index (χ1n) is 10.2. The summed E-state index contributed by atoms with van der Waals surface area (Å²) < 4.78 is 0. The van der Waals surface area contributed by atoms with Crippen molar-refractivity contribution in [1.29, 1.82) is 5.26 Å². The van der Waals surface area contributed by atoms with Gasteiger partial charge in [0.15, 0.2) is 5.16 Å². The number of nitrogens with zero attached hydrogens (tertiary/aromatic N) is 5. The first-order chi connectivity index (χ1) is 14.6. The standard InChI is InChI=1S/C21H25N7OS/c1-13-10-24-20-18(13)19(15(11-25-20)16-6-8-23-21(27-16)30-2)26-14-4-3-9-28(12-14)17(29)5-7-22/h6,8,11,13-14H,3-5,9-10,12H2,1-2H3,(H2,24,25,26)/t13?,14-/m1/s1. The first kappa shape index (κ1) is 20.4. The molecular formula is C21H25N7OS. The molecule has 0 aliphatic carbocycles. The smallest absolute Gasteiger partial charge is 0.236 e. The maximum absolute atomic E-state index is 12.2. The number of piperidine rings is 1. The van der Waals surface area contributed by atoms with Gasteiger partial charge in [-0.2, -0.15) is 5.26 Å². The van der Waals surface area contributed by atoms with Gasteiger partial charge in [-0.3, -0.25) is 4.79 Å². The van der Waals surface area contributed by atoms with Crippen molar-refractivity contribution in [3.63, 3.8) is 0 Å². The molecule has 0 radical (unpaired) electrons. The van der Waals surface area contributed by atoms with Gasteiger partial charge in [-0.05, 0) is 25.2 Å². The monoisotopic (exact) mass is 423 g/mol. The molecule has 2 aliphatic rings. The lowest BCUT2D eigenvalue weighted by molar-refractivity contribution is -0.131. The second kappa shape index (κ2) is 8.88. The van der Waals surface area contributed by atoms with Gasteiger partial charge in [0, 0.05) is 55.1 Å². The van der Waals surface area contributed by atoms with Crippen LogP contribution in [-0.4, -0.2) is 57.7 Å². The quantitative estimate of drug-likeness (QED) is 0.558. The van der Waals surface area contributed by atoms with E-state index in [2.05, 4.69) is 32.5 Å². The average molecular weight is 424 g/mol. The molecular weight excluding hydrogens is 398 g/mol. The summed E-state index contributed by atoms with van der Waals surface area (Å²) >= 11 is 1.51. The van der Waals surface area contributed by atoms with Gasteiger partial charge >= 0.3 is 0 Å². The van der Waals surface area contributed by atoms with Crippen molar-refractivity contribution in [2.75, 3.05) is 36.5 Å². The Hall–Kier alpha value is -2.86. The molecule has 156 valence electrons. The van der Waals surface area contributed by atoms with Gasteiger partial charge in [0.05, 0.1) is 17.5 Å². The van der Waals surface area contributed by atoms with Crippen molar-refractivity contribution < 1.29 is 4.79 Å². The number of hydrogen-bond donors (Lipinski definition) is 2. The third-order valence-corrected chi connectivity index (χ3v) is 6.19. The molecule has 2 atom stereocenters. The van der Waals surface area contributed by atoms with Crippen LogP contribution in [0.3, 0.4) is 0 Å². The van der Waals surface area contributed by atoms with Crippen LogP contribution >= 0.6 is 11.8 Å². The van der Waals surface area contributed by atoms with E-state index in [1.165, 1.54) is 11.8 Å². The van der Waals surface area contributed by atoms with Crippen LogP contribution in [0.4, 0.5) is 11.5 Å². The van der Waals surface area contributed by atoms with Crippen LogP contribution in [0.2, 0.25) is 0 Å². The van der Waals surface area contributed by atoms with Gasteiger partial charge in [0.2, 0.25) is 5.91 Å². The number of nitrogens with one attached hydrogen (secondary N) is 2. The highest BCUT2D eigenvalue weighted by Crippen LogP contribution is 2.41. The van der Waals surface area contributed by atoms with E-state index in [-0.39, 0.29) is 18.4 Å². The largest absolute Gasteiger partial charge is 0.380 e. The third-order valence-electron chi connectivity index (χ3n) is 5.63. The molecule has 1 amide bonds. The number of anilines is 2. The van der Waals surface area contributed by atoms with Crippen molar-refractivity contribution in [1.82, 2.24) is 19.9 Å². The molecule has 2 aliphatic heterocycles. The Labute approximate surface area is 180 Å². The fourth-order valence-electron chi connectivity index (χ4n) is 4.14. The molecule has 0 bridgehead atoms. The minimum atomic E-state index is -0.0976. The summed E-state index contributed by atoms with van der Waals surface area (Å²) in [5.41, 5.74) is 3.97. The van der Waals surface area contributed by atoms with E-state index in [1.54, 1.807) is 11.1 Å². The highest BCUT2D eigenvalue weighted by atomic mass is 32.2. The third kappa shape index (κ3) is 4.05. The molecule has 2 aromatic heterocycles. The molecule has 1 unspecified atom stereocenters. The van der Waals surface area contributed by atoms with E-state index in [0.29, 0.717) is 19.0 Å². The minimum Gasteiger partial charge on any atom is -0.380 e. The predicted octanol–water partition coefficient (Wildman–Crippen LogP) is 3.11. The SMILES string of the molecule is CSc1nccc(-c2cnc3c(c2N[C@@H]2CCCN(C(=O)CC#N)C2)C(C)CN3)n1. The summed E-state index contributed by atoms with van der Waals surface area (Å²) in [6.07, 6.45) is 7.40. The number of likely N-dealkylation sites (tertiary alicyclic amines) is 1. The lowest BCUT2D eigenvalue weighted by Gasteiger charge is -2.34. The predicted molar refractivity (Wildman–Crippen MR) is 117 cm³/mol. The molecule has 0 aromatic carbocycles. The van der Waals surface area contributed by atoms with Crippen LogP contribution < -0.4 is 10.6 Å². The Morgan fingerprint density at radius 3 is 3.13 bits per heavy atom. The fourth-order valence-corrected chi connectivity index (χ4v) is 4.50. The summed E-state index contributed by atoms with van der Waals surface area (Å²) in [4.78, 5) is 27.6. The normalized spacial score (nSPS) is 20.2. The van der Waals surface area contributed by atoms with Crippen LogP contribution in [0, 0.1) is 11.3 Å². The van der Waals surface area contributed by atoms with Crippen molar-refractivity contribution in [2.24, 2.45) is 0 Å². The van der Waals surface area contributed by atoms with Gasteiger partial charge in [0.1, 0.15) is 12.2 Å². The van der Waals surface area contributed by atoms with E-state index in [1.807, 2.05) is 24.6 Å². The molecule has 8 nitrogen and oxygen atoms in total. The fraction of sp³-hybridized carbons (Fsp3) is 0.476. The van der Waals surface area contributed by atoms with E-state index >= 15 is 0 Å². The molecule has 1 fully saturated rings. The van der Waals surface area contributed by atoms with Crippen LogP contribution in [0.15, 0.2) is 23.6 Å². The number of pyridine rings is 1.